The molecule has 4 nitrogen and oxygen atoms in total. The number of benzene rings is 3. The molecule has 0 saturated carbocycles. The Morgan fingerprint density at radius 3 is 2.36 bits per heavy atom. The van der Waals surface area contributed by atoms with E-state index in [4.69, 9.17) is 23.2 Å². The van der Waals surface area contributed by atoms with Gasteiger partial charge in [-0.05, 0) is 61.5 Å². The van der Waals surface area contributed by atoms with Gasteiger partial charge in [-0.2, -0.15) is 13.2 Å². The van der Waals surface area contributed by atoms with E-state index in [2.05, 4.69) is 10.6 Å². The molecular formula is C23H17Cl2F3N2O2S. The van der Waals surface area contributed by atoms with Crippen molar-refractivity contribution in [2.75, 3.05) is 10.6 Å². The number of thioether (sulfide) groups is 1. The molecule has 2 amide bonds. The second-order valence-electron chi connectivity index (χ2n) is 6.93. The smallest absolute Gasteiger partial charge is 0.324 e. The molecular weight excluding hydrogens is 496 g/mol. The van der Waals surface area contributed by atoms with Crippen molar-refractivity contribution in [3.8, 4) is 0 Å². The van der Waals surface area contributed by atoms with Crippen molar-refractivity contribution in [2.45, 2.75) is 23.2 Å². The zero-order chi connectivity index (χ0) is 24.2. The molecule has 0 aliphatic heterocycles. The highest BCUT2D eigenvalue weighted by Crippen LogP contribution is 2.34. The fourth-order valence-corrected chi connectivity index (χ4v) is 4.05. The first-order valence-electron chi connectivity index (χ1n) is 9.54. The largest absolute Gasteiger partial charge is 0.416 e. The maximum Gasteiger partial charge on any atom is 0.416 e. The molecule has 3 aromatic rings. The van der Waals surface area contributed by atoms with Crippen LogP contribution in [0.4, 0.5) is 24.5 Å². The summed E-state index contributed by atoms with van der Waals surface area (Å²) in [5, 5.41) is 4.98. The van der Waals surface area contributed by atoms with Crippen molar-refractivity contribution in [2.24, 2.45) is 0 Å². The first kappa shape index (κ1) is 25.0. The van der Waals surface area contributed by atoms with E-state index in [0.717, 1.165) is 18.2 Å². The normalized spacial score (nSPS) is 12.2. The van der Waals surface area contributed by atoms with Crippen LogP contribution in [0.3, 0.4) is 0 Å². The van der Waals surface area contributed by atoms with Crippen LogP contribution in [-0.2, 0) is 11.0 Å². The second-order valence-corrected chi connectivity index (χ2v) is 9.19. The summed E-state index contributed by atoms with van der Waals surface area (Å²) in [6.07, 6.45) is -4.56. The highest BCUT2D eigenvalue weighted by molar-refractivity contribution is 8.00. The van der Waals surface area contributed by atoms with Gasteiger partial charge >= 0.3 is 6.18 Å². The molecule has 0 heterocycles. The van der Waals surface area contributed by atoms with E-state index in [9.17, 15) is 22.8 Å². The SMILES string of the molecule is CC(Sc1cccc(NC(=O)c2cccc(Cl)c2)c1)C(=O)Nc1cc(C(F)(F)F)ccc1Cl. The van der Waals surface area contributed by atoms with Crippen LogP contribution in [0.2, 0.25) is 10.0 Å². The van der Waals surface area contributed by atoms with E-state index in [0.29, 0.717) is 21.2 Å². The Balaban J connectivity index is 1.66. The summed E-state index contributed by atoms with van der Waals surface area (Å²) in [5.41, 5.74) is -0.123. The molecule has 0 aliphatic carbocycles. The van der Waals surface area contributed by atoms with E-state index in [1.165, 1.54) is 11.8 Å². The standard InChI is InChI=1S/C23H17Cl2F3N2O2S/c1-13(21(31)30-20-11-15(23(26,27)28)8-9-19(20)25)33-18-7-3-6-17(12-18)29-22(32)14-4-2-5-16(24)10-14/h2-13H,1H3,(H,29,32)(H,30,31). The monoisotopic (exact) mass is 512 g/mol. The minimum atomic E-state index is -4.56. The van der Waals surface area contributed by atoms with Gasteiger partial charge in [0, 0.05) is 21.2 Å². The summed E-state index contributed by atoms with van der Waals surface area (Å²) in [5.74, 6) is -0.862. The number of rotatable bonds is 6. The van der Waals surface area contributed by atoms with E-state index in [1.54, 1.807) is 55.5 Å². The maximum atomic E-state index is 12.9. The first-order valence-corrected chi connectivity index (χ1v) is 11.2. The lowest BCUT2D eigenvalue weighted by Gasteiger charge is -2.15. The van der Waals surface area contributed by atoms with Crippen LogP contribution in [-0.4, -0.2) is 17.1 Å². The first-order chi connectivity index (χ1) is 15.5. The molecule has 2 N–H and O–H groups in total. The van der Waals surface area contributed by atoms with Crippen molar-refractivity contribution in [3.05, 3.63) is 87.9 Å². The molecule has 0 fully saturated rings. The zero-order valence-corrected chi connectivity index (χ0v) is 19.4. The van der Waals surface area contributed by atoms with Gasteiger partial charge in [0.1, 0.15) is 0 Å². The maximum absolute atomic E-state index is 12.9. The predicted octanol–water partition coefficient (Wildman–Crippen LogP) is 7.38. The van der Waals surface area contributed by atoms with Gasteiger partial charge in [-0.15, -0.1) is 11.8 Å². The highest BCUT2D eigenvalue weighted by atomic mass is 35.5. The average Bonchev–Trinajstić information content (AvgIpc) is 2.74. The van der Waals surface area contributed by atoms with E-state index in [1.807, 2.05) is 0 Å². The molecule has 0 bridgehead atoms. The van der Waals surface area contributed by atoms with Crippen molar-refractivity contribution in [1.29, 1.82) is 0 Å². The summed E-state index contributed by atoms with van der Waals surface area (Å²) in [6.45, 7) is 1.61. The third-order valence-corrected chi connectivity index (χ3v) is 6.07. The van der Waals surface area contributed by atoms with Crippen molar-refractivity contribution in [3.63, 3.8) is 0 Å². The Bertz CT molecular complexity index is 1190. The summed E-state index contributed by atoms with van der Waals surface area (Å²) < 4.78 is 38.8. The predicted molar refractivity (Wildman–Crippen MR) is 126 cm³/mol. The average molecular weight is 513 g/mol. The number of anilines is 2. The Labute approximate surface area is 202 Å². The minimum Gasteiger partial charge on any atom is -0.324 e. The van der Waals surface area contributed by atoms with Crippen LogP contribution in [0.1, 0.15) is 22.8 Å². The number of amides is 2. The molecule has 172 valence electrons. The number of carbonyl (C=O) groups excluding carboxylic acids is 2. The number of halogens is 5. The number of hydrogen-bond acceptors (Lipinski definition) is 3. The molecule has 1 atom stereocenters. The van der Waals surface area contributed by atoms with Crippen molar-refractivity contribution >= 4 is 58.2 Å². The lowest BCUT2D eigenvalue weighted by atomic mass is 10.2. The van der Waals surface area contributed by atoms with E-state index < -0.39 is 22.9 Å². The van der Waals surface area contributed by atoms with Gasteiger partial charge < -0.3 is 10.6 Å². The van der Waals surface area contributed by atoms with Crippen LogP contribution < -0.4 is 10.6 Å². The summed E-state index contributed by atoms with van der Waals surface area (Å²) in [4.78, 5) is 25.6. The number of hydrogen-bond donors (Lipinski definition) is 2. The Hall–Kier alpha value is -2.68. The van der Waals surface area contributed by atoms with Crippen LogP contribution in [0.15, 0.2) is 71.6 Å². The van der Waals surface area contributed by atoms with Crippen LogP contribution in [0.5, 0.6) is 0 Å². The molecule has 3 rings (SSSR count). The van der Waals surface area contributed by atoms with Crippen LogP contribution >= 0.6 is 35.0 Å². The molecule has 3 aromatic carbocycles. The lowest BCUT2D eigenvalue weighted by Crippen LogP contribution is -2.23. The summed E-state index contributed by atoms with van der Waals surface area (Å²) in [6, 6.07) is 16.1. The molecule has 0 aromatic heterocycles. The summed E-state index contributed by atoms with van der Waals surface area (Å²) >= 11 is 13.0. The fraction of sp³-hybridized carbons (Fsp3) is 0.130. The molecule has 33 heavy (non-hydrogen) atoms. The van der Waals surface area contributed by atoms with Gasteiger partial charge in [0.25, 0.3) is 5.91 Å². The van der Waals surface area contributed by atoms with Gasteiger partial charge in [0.2, 0.25) is 5.91 Å². The fourth-order valence-electron chi connectivity index (χ4n) is 2.77. The molecule has 0 radical (unpaired) electrons. The molecule has 1 unspecified atom stereocenters. The van der Waals surface area contributed by atoms with Gasteiger partial charge in [-0.25, -0.2) is 0 Å². The van der Waals surface area contributed by atoms with Crippen LogP contribution in [0.25, 0.3) is 0 Å². The second kappa shape index (κ2) is 10.5. The third-order valence-electron chi connectivity index (χ3n) is 4.41. The van der Waals surface area contributed by atoms with Crippen molar-refractivity contribution < 1.29 is 22.8 Å². The Morgan fingerprint density at radius 1 is 0.939 bits per heavy atom. The lowest BCUT2D eigenvalue weighted by molar-refractivity contribution is -0.137. The highest BCUT2D eigenvalue weighted by Gasteiger charge is 2.31. The number of alkyl halides is 3. The molecule has 0 spiro atoms. The molecule has 10 heteroatoms. The van der Waals surface area contributed by atoms with Gasteiger partial charge in [-0.3, -0.25) is 9.59 Å². The molecule has 0 aliphatic rings. The van der Waals surface area contributed by atoms with Crippen LogP contribution in [0, 0.1) is 0 Å². The topological polar surface area (TPSA) is 58.2 Å². The molecule has 0 saturated heterocycles. The minimum absolute atomic E-state index is 0.000671. The van der Waals surface area contributed by atoms with E-state index in [-0.39, 0.29) is 16.6 Å². The Kier molecular flexibility index (Phi) is 7.94. The summed E-state index contributed by atoms with van der Waals surface area (Å²) in [7, 11) is 0. The number of nitrogens with one attached hydrogen (secondary N) is 2. The Morgan fingerprint density at radius 2 is 1.67 bits per heavy atom. The third kappa shape index (κ3) is 6.90. The van der Waals surface area contributed by atoms with Gasteiger partial charge in [0.05, 0.1) is 21.5 Å². The number of carbonyl (C=O) groups is 2. The van der Waals surface area contributed by atoms with Crippen molar-refractivity contribution in [1.82, 2.24) is 0 Å². The van der Waals surface area contributed by atoms with Gasteiger partial charge in [0.15, 0.2) is 0 Å². The quantitative estimate of drug-likeness (QED) is 0.338. The van der Waals surface area contributed by atoms with E-state index >= 15 is 0 Å². The zero-order valence-electron chi connectivity index (χ0n) is 17.0. The van der Waals surface area contributed by atoms with Gasteiger partial charge in [-0.1, -0.05) is 35.3 Å².